The first kappa shape index (κ1) is 11.0. The van der Waals surface area contributed by atoms with Gasteiger partial charge in [0.1, 0.15) is 16.2 Å². The lowest BCUT2D eigenvalue weighted by Gasteiger charge is -2.36. The Kier molecular flexibility index (Phi) is 2.55. The van der Waals surface area contributed by atoms with Crippen molar-refractivity contribution >= 4 is 33.3 Å². The Labute approximate surface area is 102 Å². The largest absolute Gasteiger partial charge is 0.484 e. The monoisotopic (exact) mass is 288 g/mol. The minimum atomic E-state index is -0.574. The smallest absolute Gasteiger partial charge is 0.184 e. The van der Waals surface area contributed by atoms with Crippen molar-refractivity contribution in [2.45, 2.75) is 24.3 Å². The van der Waals surface area contributed by atoms with Gasteiger partial charge in [0.2, 0.25) is 0 Å². The summed E-state index contributed by atoms with van der Waals surface area (Å²) in [4.78, 5) is 11.7. The normalized spacial score (nSPS) is 23.2. The molecule has 0 radical (unpaired) electrons. The van der Waals surface area contributed by atoms with Gasteiger partial charge in [-0.25, -0.2) is 0 Å². The molecule has 0 N–H and O–H groups in total. The highest BCUT2D eigenvalue weighted by atomic mass is 79.9. The third-order valence-corrected chi connectivity index (χ3v) is 4.25. The van der Waals surface area contributed by atoms with Crippen LogP contribution in [0.2, 0.25) is 5.02 Å². The molecule has 1 aromatic rings. The zero-order valence-electron chi connectivity index (χ0n) is 8.38. The summed E-state index contributed by atoms with van der Waals surface area (Å²) in [5.74, 6) is 0.508. The van der Waals surface area contributed by atoms with Gasteiger partial charge in [-0.1, -0.05) is 33.6 Å². The van der Waals surface area contributed by atoms with E-state index in [0.717, 1.165) is 0 Å². The lowest BCUT2D eigenvalue weighted by atomic mass is 9.93. The fourth-order valence-corrected chi connectivity index (χ4v) is 2.13. The van der Waals surface area contributed by atoms with Crippen molar-refractivity contribution in [2.24, 2.45) is 0 Å². The second-order valence-electron chi connectivity index (χ2n) is 4.05. The molecular weight excluding hydrogens is 279 g/mol. The fourth-order valence-electron chi connectivity index (χ4n) is 1.57. The average Bonchev–Trinajstić information content (AvgIpc) is 2.17. The number of para-hydroxylation sites is 1. The Bertz CT molecular complexity index is 429. The number of hydrogen-bond donors (Lipinski definition) is 0. The van der Waals surface area contributed by atoms with Crippen LogP contribution in [-0.4, -0.2) is 16.2 Å². The number of fused-ring (bicyclic) bond motifs is 1. The number of benzene rings is 1. The molecule has 1 aliphatic rings. The Hall–Kier alpha value is -0.540. The highest BCUT2D eigenvalue weighted by molar-refractivity contribution is 9.10. The Morgan fingerprint density at radius 1 is 1.47 bits per heavy atom. The number of ether oxygens (including phenoxy) is 1. The van der Waals surface area contributed by atoms with Crippen LogP contribution in [0, 0.1) is 0 Å². The van der Waals surface area contributed by atoms with E-state index < -0.39 is 5.60 Å². The van der Waals surface area contributed by atoms with Crippen molar-refractivity contribution in [3.63, 3.8) is 0 Å². The second-order valence-corrected chi connectivity index (χ2v) is 5.37. The summed E-state index contributed by atoms with van der Waals surface area (Å²) in [6.45, 7) is 3.72. The van der Waals surface area contributed by atoms with Gasteiger partial charge in [0.05, 0.1) is 10.6 Å². The predicted octanol–water partition coefficient (Wildman–Crippen LogP) is 3.46. The molecule has 0 aliphatic carbocycles. The Balaban J connectivity index is 2.60. The van der Waals surface area contributed by atoms with Crippen molar-refractivity contribution in [2.75, 3.05) is 0 Å². The van der Waals surface area contributed by atoms with E-state index >= 15 is 0 Å². The first-order valence-electron chi connectivity index (χ1n) is 4.59. The molecule has 1 heterocycles. The maximum absolute atomic E-state index is 12.0. The molecular formula is C11H10BrClO2. The number of hydrogen-bond acceptors (Lipinski definition) is 2. The van der Waals surface area contributed by atoms with Crippen LogP contribution >= 0.6 is 27.5 Å². The molecule has 15 heavy (non-hydrogen) atoms. The number of halogens is 2. The summed E-state index contributed by atoms with van der Waals surface area (Å²) >= 11 is 9.34. The molecule has 0 bridgehead atoms. The van der Waals surface area contributed by atoms with E-state index in [1.54, 1.807) is 18.2 Å². The van der Waals surface area contributed by atoms with Crippen LogP contribution in [-0.2, 0) is 0 Å². The number of Topliss-reactive ketones (excluding diaryl/α,β-unsaturated/α-hetero) is 1. The predicted molar refractivity (Wildman–Crippen MR) is 63.2 cm³/mol. The molecule has 4 heteroatoms. The minimum absolute atomic E-state index is 0.0174. The average molecular weight is 290 g/mol. The molecule has 2 rings (SSSR count). The molecule has 0 amide bonds. The maximum atomic E-state index is 12.0. The SMILES string of the molecule is CC1(C)Oc2c(Cl)cccc2C(=O)C1Br. The van der Waals surface area contributed by atoms with Crippen LogP contribution in [0.25, 0.3) is 0 Å². The van der Waals surface area contributed by atoms with Gasteiger partial charge >= 0.3 is 0 Å². The molecule has 0 spiro atoms. The summed E-state index contributed by atoms with van der Waals surface area (Å²) in [5.41, 5.74) is -0.0292. The standard InChI is InChI=1S/C11H10BrClO2/c1-11(2)10(12)8(14)6-4-3-5-7(13)9(6)15-11/h3-5,10H,1-2H3. The van der Waals surface area contributed by atoms with E-state index in [0.29, 0.717) is 16.3 Å². The number of alkyl halides is 1. The van der Waals surface area contributed by atoms with E-state index in [4.69, 9.17) is 16.3 Å². The van der Waals surface area contributed by atoms with Crippen LogP contribution in [0.15, 0.2) is 18.2 Å². The number of ketones is 1. The topological polar surface area (TPSA) is 26.3 Å². The fraction of sp³-hybridized carbons (Fsp3) is 0.364. The number of carbonyl (C=O) groups is 1. The van der Waals surface area contributed by atoms with Gasteiger partial charge in [-0.15, -0.1) is 0 Å². The van der Waals surface area contributed by atoms with Gasteiger partial charge in [0.25, 0.3) is 0 Å². The number of rotatable bonds is 0. The van der Waals surface area contributed by atoms with Crippen LogP contribution in [0.4, 0.5) is 0 Å². The van der Waals surface area contributed by atoms with Crippen molar-refractivity contribution in [1.82, 2.24) is 0 Å². The van der Waals surface area contributed by atoms with E-state index in [9.17, 15) is 4.79 Å². The molecule has 80 valence electrons. The molecule has 1 unspecified atom stereocenters. The maximum Gasteiger partial charge on any atom is 0.184 e. The Morgan fingerprint density at radius 2 is 2.13 bits per heavy atom. The van der Waals surface area contributed by atoms with Crippen LogP contribution in [0.3, 0.4) is 0 Å². The van der Waals surface area contributed by atoms with Crippen LogP contribution in [0.1, 0.15) is 24.2 Å². The molecule has 1 aliphatic heterocycles. The summed E-state index contributed by atoms with van der Waals surface area (Å²) in [7, 11) is 0. The summed E-state index contributed by atoms with van der Waals surface area (Å²) < 4.78 is 5.73. The first-order chi connectivity index (χ1) is 6.93. The lowest BCUT2D eigenvalue weighted by molar-refractivity contribution is 0.0668. The molecule has 1 atom stereocenters. The molecule has 0 saturated heterocycles. The highest BCUT2D eigenvalue weighted by Gasteiger charge is 2.42. The van der Waals surface area contributed by atoms with Crippen molar-refractivity contribution < 1.29 is 9.53 Å². The Morgan fingerprint density at radius 3 is 2.80 bits per heavy atom. The summed E-state index contributed by atoms with van der Waals surface area (Å²) in [6.07, 6.45) is 0. The molecule has 2 nitrogen and oxygen atoms in total. The summed E-state index contributed by atoms with van der Waals surface area (Å²) in [5, 5.41) is 0.480. The quantitative estimate of drug-likeness (QED) is 0.684. The van der Waals surface area contributed by atoms with Crippen LogP contribution in [0.5, 0.6) is 5.75 Å². The van der Waals surface area contributed by atoms with Gasteiger partial charge in [0, 0.05) is 0 Å². The van der Waals surface area contributed by atoms with Crippen molar-refractivity contribution in [3.05, 3.63) is 28.8 Å². The van der Waals surface area contributed by atoms with Crippen LogP contribution < -0.4 is 4.74 Å². The summed E-state index contributed by atoms with van der Waals surface area (Å²) in [6, 6.07) is 5.20. The molecule has 0 fully saturated rings. The van der Waals surface area contributed by atoms with Gasteiger partial charge in [-0.3, -0.25) is 4.79 Å². The first-order valence-corrected chi connectivity index (χ1v) is 5.88. The second kappa shape index (κ2) is 3.49. The lowest BCUT2D eigenvalue weighted by Crippen LogP contribution is -2.46. The minimum Gasteiger partial charge on any atom is -0.484 e. The van der Waals surface area contributed by atoms with E-state index in [1.807, 2.05) is 13.8 Å². The molecule has 0 aromatic heterocycles. The van der Waals surface area contributed by atoms with Gasteiger partial charge in [-0.05, 0) is 26.0 Å². The highest BCUT2D eigenvalue weighted by Crippen LogP contribution is 2.40. The third kappa shape index (κ3) is 1.68. The zero-order valence-corrected chi connectivity index (χ0v) is 10.7. The molecule has 1 aromatic carbocycles. The van der Waals surface area contributed by atoms with Gasteiger partial charge < -0.3 is 4.74 Å². The van der Waals surface area contributed by atoms with Gasteiger partial charge in [0.15, 0.2) is 5.78 Å². The third-order valence-electron chi connectivity index (χ3n) is 2.44. The molecule has 0 saturated carbocycles. The van der Waals surface area contributed by atoms with Crippen molar-refractivity contribution in [3.8, 4) is 5.75 Å². The van der Waals surface area contributed by atoms with E-state index in [1.165, 1.54) is 0 Å². The van der Waals surface area contributed by atoms with Gasteiger partial charge in [-0.2, -0.15) is 0 Å². The van der Waals surface area contributed by atoms with E-state index in [-0.39, 0.29) is 10.6 Å². The van der Waals surface area contributed by atoms with Crippen molar-refractivity contribution in [1.29, 1.82) is 0 Å². The number of carbonyl (C=O) groups excluding carboxylic acids is 1. The van der Waals surface area contributed by atoms with E-state index in [2.05, 4.69) is 15.9 Å². The zero-order chi connectivity index (χ0) is 11.2.